The maximum absolute atomic E-state index is 11.8. The number of fused-ring (bicyclic) bond motifs is 1. The summed E-state index contributed by atoms with van der Waals surface area (Å²) in [5, 5.41) is 7.25. The van der Waals surface area contributed by atoms with Crippen LogP contribution in [0.15, 0.2) is 28.9 Å². The number of hydrogen-bond donors (Lipinski definition) is 1. The average molecular weight is 294 g/mol. The minimum Gasteiger partial charge on any atom is -0.351 e. The topological polar surface area (TPSA) is 68.0 Å². The fourth-order valence-electron chi connectivity index (χ4n) is 1.65. The van der Waals surface area contributed by atoms with E-state index in [0.29, 0.717) is 10.2 Å². The number of aryl methyl sites for hydroxylation is 1. The van der Waals surface area contributed by atoms with Gasteiger partial charge in [-0.3, -0.25) is 10.1 Å². The number of anilines is 1. The van der Waals surface area contributed by atoms with Crippen molar-refractivity contribution < 1.29 is 9.32 Å². The van der Waals surface area contributed by atoms with Gasteiger partial charge in [0.1, 0.15) is 0 Å². The molecular formula is C12H8ClN3O2S. The van der Waals surface area contributed by atoms with Crippen molar-refractivity contribution in [3.05, 3.63) is 40.7 Å². The zero-order valence-electron chi connectivity index (χ0n) is 9.81. The van der Waals surface area contributed by atoms with E-state index in [1.165, 1.54) is 23.6 Å². The van der Waals surface area contributed by atoms with E-state index in [0.717, 1.165) is 15.8 Å². The molecule has 96 valence electrons. The first-order chi connectivity index (χ1) is 9.15. The second-order valence-electron chi connectivity index (χ2n) is 3.89. The third-order valence-corrected chi connectivity index (χ3v) is 4.01. The molecule has 0 saturated heterocycles. The smallest absolute Gasteiger partial charge is 0.296 e. The predicted molar refractivity (Wildman–Crippen MR) is 73.8 cm³/mol. The molecule has 3 aromatic rings. The molecule has 19 heavy (non-hydrogen) atoms. The van der Waals surface area contributed by atoms with Crippen molar-refractivity contribution in [2.24, 2.45) is 0 Å². The van der Waals surface area contributed by atoms with Gasteiger partial charge in [0.05, 0.1) is 21.4 Å². The molecule has 0 radical (unpaired) electrons. The molecule has 0 atom stereocenters. The number of amides is 1. The van der Waals surface area contributed by atoms with E-state index in [-0.39, 0.29) is 11.7 Å². The monoisotopic (exact) mass is 293 g/mol. The van der Waals surface area contributed by atoms with Crippen molar-refractivity contribution >= 4 is 44.2 Å². The molecular weight excluding hydrogens is 286 g/mol. The Balaban J connectivity index is 1.96. The molecule has 0 bridgehead atoms. The van der Waals surface area contributed by atoms with Crippen LogP contribution in [0.5, 0.6) is 0 Å². The first-order valence-corrected chi connectivity index (χ1v) is 6.62. The summed E-state index contributed by atoms with van der Waals surface area (Å²) in [5.74, 6) is -0.243. The zero-order valence-corrected chi connectivity index (χ0v) is 11.4. The van der Waals surface area contributed by atoms with Gasteiger partial charge in [0.2, 0.25) is 5.76 Å². The van der Waals surface area contributed by atoms with E-state index < -0.39 is 0 Å². The Hall–Kier alpha value is -1.92. The SMILES string of the molecule is Cc1ccc(Cl)c2sc(NC(=O)c3ccno3)nc12. The van der Waals surface area contributed by atoms with Gasteiger partial charge in [-0.05, 0) is 18.6 Å². The molecule has 0 saturated carbocycles. The van der Waals surface area contributed by atoms with Gasteiger partial charge >= 0.3 is 0 Å². The summed E-state index contributed by atoms with van der Waals surface area (Å²) in [5.41, 5.74) is 1.81. The molecule has 7 heteroatoms. The number of hydrogen-bond acceptors (Lipinski definition) is 5. The Labute approximate surface area is 117 Å². The van der Waals surface area contributed by atoms with Crippen LogP contribution in [0.2, 0.25) is 5.02 Å². The fraction of sp³-hybridized carbons (Fsp3) is 0.0833. The summed E-state index contributed by atoms with van der Waals surface area (Å²) >= 11 is 7.43. The molecule has 1 N–H and O–H groups in total. The maximum Gasteiger partial charge on any atom is 0.296 e. The van der Waals surface area contributed by atoms with E-state index >= 15 is 0 Å². The van der Waals surface area contributed by atoms with Crippen LogP contribution in [0.25, 0.3) is 10.2 Å². The van der Waals surface area contributed by atoms with Gasteiger partial charge in [-0.15, -0.1) is 0 Å². The molecule has 0 aliphatic rings. The van der Waals surface area contributed by atoms with Crippen molar-refractivity contribution in [1.29, 1.82) is 0 Å². The third-order valence-electron chi connectivity index (χ3n) is 2.58. The van der Waals surface area contributed by atoms with Gasteiger partial charge < -0.3 is 4.52 Å². The largest absolute Gasteiger partial charge is 0.351 e. The van der Waals surface area contributed by atoms with E-state index in [1.807, 2.05) is 19.1 Å². The number of carbonyl (C=O) groups is 1. The van der Waals surface area contributed by atoms with Crippen molar-refractivity contribution in [2.75, 3.05) is 5.32 Å². The van der Waals surface area contributed by atoms with Gasteiger partial charge in [-0.1, -0.05) is 34.2 Å². The molecule has 0 aliphatic heterocycles. The highest BCUT2D eigenvalue weighted by atomic mass is 35.5. The summed E-state index contributed by atoms with van der Waals surface area (Å²) in [7, 11) is 0. The molecule has 0 unspecified atom stereocenters. The van der Waals surface area contributed by atoms with Crippen LogP contribution in [0.4, 0.5) is 5.13 Å². The van der Waals surface area contributed by atoms with E-state index in [4.69, 9.17) is 16.1 Å². The maximum atomic E-state index is 11.8. The summed E-state index contributed by atoms with van der Waals surface area (Å²) in [4.78, 5) is 16.2. The van der Waals surface area contributed by atoms with Crippen LogP contribution in [0, 0.1) is 6.92 Å². The fourth-order valence-corrected chi connectivity index (χ4v) is 2.86. The van der Waals surface area contributed by atoms with Gasteiger partial charge in [0.25, 0.3) is 5.91 Å². The lowest BCUT2D eigenvalue weighted by molar-refractivity contribution is 0.0988. The second-order valence-corrected chi connectivity index (χ2v) is 5.30. The Morgan fingerprint density at radius 2 is 2.26 bits per heavy atom. The van der Waals surface area contributed by atoms with Gasteiger partial charge in [0.15, 0.2) is 5.13 Å². The summed E-state index contributed by atoms with van der Waals surface area (Å²) in [6.45, 7) is 1.94. The number of carbonyl (C=O) groups excluding carboxylic acids is 1. The number of halogens is 1. The highest BCUT2D eigenvalue weighted by Crippen LogP contribution is 2.33. The summed E-state index contributed by atoms with van der Waals surface area (Å²) < 4.78 is 5.63. The normalized spacial score (nSPS) is 10.8. The number of rotatable bonds is 2. The van der Waals surface area contributed by atoms with Gasteiger partial charge in [-0.25, -0.2) is 4.98 Å². The first-order valence-electron chi connectivity index (χ1n) is 5.43. The molecule has 1 amide bonds. The third kappa shape index (κ3) is 2.20. The van der Waals surface area contributed by atoms with Crippen LogP contribution >= 0.6 is 22.9 Å². The lowest BCUT2D eigenvalue weighted by Crippen LogP contribution is -2.10. The van der Waals surface area contributed by atoms with Crippen LogP contribution in [-0.4, -0.2) is 16.0 Å². The molecule has 3 rings (SSSR count). The second kappa shape index (κ2) is 4.64. The minimum atomic E-state index is -0.384. The van der Waals surface area contributed by atoms with Crippen LogP contribution < -0.4 is 5.32 Å². The molecule has 0 spiro atoms. The first kappa shape index (κ1) is 12.1. The molecule has 0 aliphatic carbocycles. The van der Waals surface area contributed by atoms with Crippen LogP contribution in [0.1, 0.15) is 16.1 Å². The van der Waals surface area contributed by atoms with Crippen molar-refractivity contribution in [3.8, 4) is 0 Å². The van der Waals surface area contributed by atoms with E-state index in [2.05, 4.69) is 15.5 Å². The standard InChI is InChI=1S/C12H8ClN3O2S/c1-6-2-3-7(13)10-9(6)15-12(19-10)16-11(17)8-4-5-14-18-8/h2-5H,1H3,(H,15,16,17). The summed E-state index contributed by atoms with van der Waals surface area (Å²) in [6.07, 6.45) is 1.41. The Bertz CT molecular complexity index is 713. The number of benzene rings is 1. The van der Waals surface area contributed by atoms with Crippen LogP contribution in [0.3, 0.4) is 0 Å². The number of aromatic nitrogens is 2. The molecule has 1 aromatic carbocycles. The Morgan fingerprint density at radius 1 is 1.42 bits per heavy atom. The number of nitrogens with zero attached hydrogens (tertiary/aromatic N) is 2. The predicted octanol–water partition coefficient (Wildman–Crippen LogP) is 3.50. The minimum absolute atomic E-state index is 0.141. The summed E-state index contributed by atoms with van der Waals surface area (Å²) in [6, 6.07) is 5.20. The molecule has 0 fully saturated rings. The highest BCUT2D eigenvalue weighted by Gasteiger charge is 2.14. The zero-order chi connectivity index (χ0) is 13.4. The van der Waals surface area contributed by atoms with Crippen molar-refractivity contribution in [1.82, 2.24) is 10.1 Å². The van der Waals surface area contributed by atoms with E-state index in [1.54, 1.807) is 0 Å². The molecule has 2 heterocycles. The average Bonchev–Trinajstić information content (AvgIpc) is 3.02. The van der Waals surface area contributed by atoms with Gasteiger partial charge in [0, 0.05) is 6.07 Å². The Kier molecular flexibility index (Phi) is 2.96. The molecule has 2 aromatic heterocycles. The van der Waals surface area contributed by atoms with Crippen molar-refractivity contribution in [2.45, 2.75) is 6.92 Å². The van der Waals surface area contributed by atoms with E-state index in [9.17, 15) is 4.79 Å². The highest BCUT2D eigenvalue weighted by molar-refractivity contribution is 7.23. The van der Waals surface area contributed by atoms with Gasteiger partial charge in [-0.2, -0.15) is 0 Å². The quantitative estimate of drug-likeness (QED) is 0.785. The number of thiazole rings is 1. The molecule has 5 nitrogen and oxygen atoms in total. The van der Waals surface area contributed by atoms with Crippen molar-refractivity contribution in [3.63, 3.8) is 0 Å². The van der Waals surface area contributed by atoms with Crippen LogP contribution in [-0.2, 0) is 0 Å². The number of nitrogens with one attached hydrogen (secondary N) is 1. The Morgan fingerprint density at radius 3 is 2.95 bits per heavy atom. The lowest BCUT2D eigenvalue weighted by atomic mass is 10.2. The lowest BCUT2D eigenvalue weighted by Gasteiger charge is -1.95.